The van der Waals surface area contributed by atoms with E-state index in [4.69, 9.17) is 4.74 Å². The van der Waals surface area contributed by atoms with Gasteiger partial charge in [-0.2, -0.15) is 0 Å². The highest BCUT2D eigenvalue weighted by atomic mass is 16.5. The summed E-state index contributed by atoms with van der Waals surface area (Å²) < 4.78 is 5.57. The number of hydrogen-bond acceptors (Lipinski definition) is 3. The number of rotatable bonds is 3. The topological polar surface area (TPSA) is 58.6 Å². The van der Waals surface area contributed by atoms with E-state index in [1.807, 2.05) is 49.1 Å². The fourth-order valence-electron chi connectivity index (χ4n) is 2.84. The molecule has 0 saturated carbocycles. The molecule has 1 fully saturated rings. The zero-order valence-electron chi connectivity index (χ0n) is 14.4. The SMILES string of the molecule is C[C@H]1CN(C(=O)c2ccc(C(=O)Nc3ccccc3)cc2)[C@@H](C)CO1. The van der Waals surface area contributed by atoms with Crippen LogP contribution in [0.1, 0.15) is 34.6 Å². The van der Waals surface area contributed by atoms with E-state index in [2.05, 4.69) is 5.32 Å². The fourth-order valence-corrected chi connectivity index (χ4v) is 2.84. The maximum atomic E-state index is 12.7. The summed E-state index contributed by atoms with van der Waals surface area (Å²) in [6.07, 6.45) is 0.0380. The molecule has 2 atom stereocenters. The molecule has 0 radical (unpaired) electrons. The third kappa shape index (κ3) is 4.06. The van der Waals surface area contributed by atoms with Crippen molar-refractivity contribution in [1.29, 1.82) is 0 Å². The molecule has 25 heavy (non-hydrogen) atoms. The third-order valence-electron chi connectivity index (χ3n) is 4.29. The number of carbonyl (C=O) groups excluding carboxylic acids is 2. The predicted molar refractivity (Wildman–Crippen MR) is 96.7 cm³/mol. The Morgan fingerprint density at radius 3 is 2.32 bits per heavy atom. The van der Waals surface area contributed by atoms with Gasteiger partial charge in [0, 0.05) is 23.4 Å². The van der Waals surface area contributed by atoms with Gasteiger partial charge in [0.1, 0.15) is 0 Å². The van der Waals surface area contributed by atoms with Crippen molar-refractivity contribution in [2.45, 2.75) is 26.0 Å². The van der Waals surface area contributed by atoms with Gasteiger partial charge in [-0.15, -0.1) is 0 Å². The van der Waals surface area contributed by atoms with Gasteiger partial charge in [-0.3, -0.25) is 9.59 Å². The Balaban J connectivity index is 1.69. The molecule has 0 spiro atoms. The van der Waals surface area contributed by atoms with Crippen LogP contribution in [-0.2, 0) is 4.74 Å². The second kappa shape index (κ2) is 7.49. The van der Waals surface area contributed by atoms with Gasteiger partial charge in [-0.25, -0.2) is 0 Å². The number of ether oxygens (including phenoxy) is 1. The smallest absolute Gasteiger partial charge is 0.255 e. The minimum absolute atomic E-state index is 0.0299. The summed E-state index contributed by atoms with van der Waals surface area (Å²) in [5, 5.41) is 2.83. The van der Waals surface area contributed by atoms with Crippen LogP contribution in [0.15, 0.2) is 54.6 Å². The molecule has 1 aliphatic heterocycles. The highest BCUT2D eigenvalue weighted by molar-refractivity contribution is 6.05. The van der Waals surface area contributed by atoms with Gasteiger partial charge in [-0.05, 0) is 50.2 Å². The van der Waals surface area contributed by atoms with Gasteiger partial charge in [-0.1, -0.05) is 18.2 Å². The van der Waals surface area contributed by atoms with Gasteiger partial charge in [0.25, 0.3) is 11.8 Å². The van der Waals surface area contributed by atoms with Crippen molar-refractivity contribution >= 4 is 17.5 Å². The summed E-state index contributed by atoms with van der Waals surface area (Å²) >= 11 is 0. The number of para-hydroxylation sites is 1. The Bertz CT molecular complexity index is 743. The van der Waals surface area contributed by atoms with E-state index < -0.39 is 0 Å². The van der Waals surface area contributed by atoms with Crippen molar-refractivity contribution in [3.63, 3.8) is 0 Å². The largest absolute Gasteiger partial charge is 0.375 e. The molecule has 5 nitrogen and oxygen atoms in total. The quantitative estimate of drug-likeness (QED) is 0.935. The Labute approximate surface area is 147 Å². The highest BCUT2D eigenvalue weighted by Crippen LogP contribution is 2.16. The van der Waals surface area contributed by atoms with E-state index in [0.29, 0.717) is 24.3 Å². The van der Waals surface area contributed by atoms with E-state index in [9.17, 15) is 9.59 Å². The lowest BCUT2D eigenvalue weighted by Gasteiger charge is -2.36. The summed E-state index contributed by atoms with van der Waals surface area (Å²) in [7, 11) is 0. The average Bonchev–Trinajstić information content (AvgIpc) is 2.64. The molecule has 130 valence electrons. The van der Waals surface area contributed by atoms with Crippen molar-refractivity contribution in [1.82, 2.24) is 4.90 Å². The second-order valence-electron chi connectivity index (χ2n) is 6.35. The zero-order valence-corrected chi connectivity index (χ0v) is 14.4. The standard InChI is InChI=1S/C20H22N2O3/c1-14-13-25-15(2)12-22(14)20(24)17-10-8-16(9-11-17)19(23)21-18-6-4-3-5-7-18/h3-11,14-15H,12-13H2,1-2H3,(H,21,23)/t14-,15-/m0/s1. The van der Waals surface area contributed by atoms with Gasteiger partial charge in [0.15, 0.2) is 0 Å². The summed E-state index contributed by atoms with van der Waals surface area (Å²) in [5.74, 6) is -0.226. The predicted octanol–water partition coefficient (Wildman–Crippen LogP) is 3.19. The van der Waals surface area contributed by atoms with Crippen LogP contribution in [0.25, 0.3) is 0 Å². The molecule has 1 saturated heterocycles. The summed E-state index contributed by atoms with van der Waals surface area (Å²) in [6.45, 7) is 5.06. The first-order valence-corrected chi connectivity index (χ1v) is 8.43. The molecule has 0 bridgehead atoms. The van der Waals surface area contributed by atoms with Crippen molar-refractivity contribution in [2.75, 3.05) is 18.5 Å². The molecule has 1 N–H and O–H groups in total. The number of nitrogens with zero attached hydrogens (tertiary/aromatic N) is 1. The first-order valence-electron chi connectivity index (χ1n) is 8.43. The molecule has 1 aliphatic rings. The number of benzene rings is 2. The Morgan fingerprint density at radius 1 is 1.00 bits per heavy atom. The van der Waals surface area contributed by atoms with Crippen LogP contribution in [-0.4, -0.2) is 42.0 Å². The number of morpholine rings is 1. The van der Waals surface area contributed by atoms with Crippen LogP contribution in [0.3, 0.4) is 0 Å². The van der Waals surface area contributed by atoms with E-state index in [1.165, 1.54) is 0 Å². The molecule has 1 heterocycles. The van der Waals surface area contributed by atoms with E-state index in [0.717, 1.165) is 5.69 Å². The van der Waals surface area contributed by atoms with Crippen LogP contribution in [0, 0.1) is 0 Å². The van der Waals surface area contributed by atoms with Crippen molar-refractivity contribution in [3.05, 3.63) is 65.7 Å². The number of amides is 2. The number of nitrogens with one attached hydrogen (secondary N) is 1. The molecular weight excluding hydrogens is 316 g/mol. The lowest BCUT2D eigenvalue weighted by Crippen LogP contribution is -2.50. The molecule has 2 aromatic carbocycles. The van der Waals surface area contributed by atoms with Crippen LogP contribution < -0.4 is 5.32 Å². The summed E-state index contributed by atoms with van der Waals surface area (Å²) in [6, 6.07) is 16.1. The number of carbonyl (C=O) groups is 2. The van der Waals surface area contributed by atoms with Crippen LogP contribution >= 0.6 is 0 Å². The monoisotopic (exact) mass is 338 g/mol. The van der Waals surface area contributed by atoms with Gasteiger partial charge in [0.2, 0.25) is 0 Å². The average molecular weight is 338 g/mol. The lowest BCUT2D eigenvalue weighted by molar-refractivity contribution is -0.0387. The van der Waals surface area contributed by atoms with Crippen LogP contribution in [0.4, 0.5) is 5.69 Å². The Morgan fingerprint density at radius 2 is 1.64 bits per heavy atom. The van der Waals surface area contributed by atoms with Crippen LogP contribution in [0.5, 0.6) is 0 Å². The lowest BCUT2D eigenvalue weighted by atomic mass is 10.1. The molecule has 5 heteroatoms. The Hall–Kier alpha value is -2.66. The minimum atomic E-state index is -0.196. The molecule has 0 aromatic heterocycles. The minimum Gasteiger partial charge on any atom is -0.375 e. The van der Waals surface area contributed by atoms with E-state index >= 15 is 0 Å². The maximum absolute atomic E-state index is 12.7. The summed E-state index contributed by atoms with van der Waals surface area (Å²) in [5.41, 5.74) is 1.84. The van der Waals surface area contributed by atoms with E-state index in [1.54, 1.807) is 24.3 Å². The molecule has 2 amide bonds. The molecular formula is C20H22N2O3. The van der Waals surface area contributed by atoms with E-state index in [-0.39, 0.29) is 24.0 Å². The van der Waals surface area contributed by atoms with Crippen LogP contribution in [0.2, 0.25) is 0 Å². The molecule has 0 aliphatic carbocycles. The Kier molecular flexibility index (Phi) is 5.14. The highest BCUT2D eigenvalue weighted by Gasteiger charge is 2.28. The van der Waals surface area contributed by atoms with Gasteiger partial charge in [0.05, 0.1) is 18.8 Å². The molecule has 2 aromatic rings. The molecule has 3 rings (SSSR count). The summed E-state index contributed by atoms with van der Waals surface area (Å²) in [4.78, 5) is 26.8. The van der Waals surface area contributed by atoms with Crippen molar-refractivity contribution in [2.24, 2.45) is 0 Å². The first kappa shape index (κ1) is 17.2. The second-order valence-corrected chi connectivity index (χ2v) is 6.35. The third-order valence-corrected chi connectivity index (χ3v) is 4.29. The number of hydrogen-bond donors (Lipinski definition) is 1. The maximum Gasteiger partial charge on any atom is 0.255 e. The molecule has 0 unspecified atom stereocenters. The van der Waals surface area contributed by atoms with Gasteiger partial charge >= 0.3 is 0 Å². The van der Waals surface area contributed by atoms with Crippen molar-refractivity contribution < 1.29 is 14.3 Å². The zero-order chi connectivity index (χ0) is 17.8. The fraction of sp³-hybridized carbons (Fsp3) is 0.300. The van der Waals surface area contributed by atoms with Crippen molar-refractivity contribution in [3.8, 4) is 0 Å². The van der Waals surface area contributed by atoms with Gasteiger partial charge < -0.3 is 15.0 Å². The number of anilines is 1. The first-order chi connectivity index (χ1) is 12.0. The normalized spacial score (nSPS) is 20.2.